The third kappa shape index (κ3) is 5.61. The van der Waals surface area contributed by atoms with E-state index in [4.69, 9.17) is 18.6 Å². The van der Waals surface area contributed by atoms with Crippen LogP contribution in [0.2, 0.25) is 18.1 Å². The number of hydrogen-bond donors (Lipinski definition) is 1. The van der Waals surface area contributed by atoms with Crippen LogP contribution in [0.5, 0.6) is 0 Å². The predicted octanol–water partition coefficient (Wildman–Crippen LogP) is 3.28. The van der Waals surface area contributed by atoms with Gasteiger partial charge in [-0.15, -0.1) is 6.58 Å². The molecule has 2 fully saturated rings. The van der Waals surface area contributed by atoms with Gasteiger partial charge in [-0.1, -0.05) is 26.8 Å². The zero-order valence-corrected chi connectivity index (χ0v) is 17.5. The Balaban J connectivity index is 2.00. The molecule has 2 rings (SSSR count). The lowest BCUT2D eigenvalue weighted by molar-refractivity contribution is -0.140. The normalized spacial score (nSPS) is 31.6. The molecule has 5 nitrogen and oxygen atoms in total. The smallest absolute Gasteiger partial charge is 0.192 e. The minimum Gasteiger partial charge on any atom is -0.414 e. The molecule has 0 aliphatic carbocycles. The van der Waals surface area contributed by atoms with Gasteiger partial charge >= 0.3 is 0 Å². The maximum atomic E-state index is 9.37. The maximum absolute atomic E-state index is 9.37. The van der Waals surface area contributed by atoms with Crippen molar-refractivity contribution in [3.8, 4) is 0 Å². The highest BCUT2D eigenvalue weighted by Gasteiger charge is 2.48. The van der Waals surface area contributed by atoms with Gasteiger partial charge in [0.1, 0.15) is 18.3 Å². The summed E-state index contributed by atoms with van der Waals surface area (Å²) >= 11 is 0. The lowest BCUT2D eigenvalue weighted by Crippen LogP contribution is -2.46. The molecular weight excluding hydrogens is 336 g/mol. The topological polar surface area (TPSA) is 60.5 Å². The first-order chi connectivity index (χ1) is 11.7. The molecule has 0 aromatic heterocycles. The second-order valence-corrected chi connectivity index (χ2v) is 13.5. The number of hydrogen-bond acceptors (Lipinski definition) is 5. The second kappa shape index (κ2) is 8.63. The minimum atomic E-state index is -1.86. The summed E-state index contributed by atoms with van der Waals surface area (Å²) in [5.41, 5.74) is 0. The van der Waals surface area contributed by atoms with Gasteiger partial charge in [0.2, 0.25) is 0 Å². The van der Waals surface area contributed by atoms with Gasteiger partial charge < -0.3 is 23.7 Å². The molecule has 2 saturated heterocycles. The summed E-state index contributed by atoms with van der Waals surface area (Å²) in [6.07, 6.45) is 4.36. The predicted molar refractivity (Wildman–Crippen MR) is 101 cm³/mol. The molecular formula is C19H36O5Si. The summed E-state index contributed by atoms with van der Waals surface area (Å²) in [6, 6.07) is 0. The molecule has 0 bridgehead atoms. The Morgan fingerprint density at radius 2 is 2.04 bits per heavy atom. The first-order valence-corrected chi connectivity index (χ1v) is 12.4. The van der Waals surface area contributed by atoms with Crippen LogP contribution in [0.4, 0.5) is 0 Å². The molecule has 2 aliphatic rings. The average molecular weight is 373 g/mol. The van der Waals surface area contributed by atoms with Crippen LogP contribution in [0.1, 0.15) is 40.0 Å². The van der Waals surface area contributed by atoms with E-state index in [0.717, 1.165) is 25.9 Å². The van der Waals surface area contributed by atoms with Crippen LogP contribution in [0.25, 0.3) is 0 Å². The number of ether oxygens (including phenoxy) is 3. The van der Waals surface area contributed by atoms with Crippen molar-refractivity contribution in [3.63, 3.8) is 0 Å². The van der Waals surface area contributed by atoms with Crippen LogP contribution >= 0.6 is 0 Å². The fourth-order valence-corrected chi connectivity index (χ4v) is 3.94. The highest BCUT2D eigenvalue weighted by atomic mass is 28.4. The van der Waals surface area contributed by atoms with Crippen molar-refractivity contribution in [1.82, 2.24) is 0 Å². The summed E-state index contributed by atoms with van der Waals surface area (Å²) in [7, 11) is -1.86. The van der Waals surface area contributed by atoms with Crippen LogP contribution in [0.15, 0.2) is 12.7 Å². The van der Waals surface area contributed by atoms with Gasteiger partial charge in [0.15, 0.2) is 8.32 Å². The Morgan fingerprint density at radius 1 is 1.32 bits per heavy atom. The number of aliphatic hydroxyl groups excluding tert-OH is 1. The molecule has 25 heavy (non-hydrogen) atoms. The quantitative estimate of drug-likeness (QED) is 0.382. The molecule has 0 saturated carbocycles. The molecule has 0 radical (unpaired) electrons. The van der Waals surface area contributed by atoms with Crippen LogP contribution in [-0.4, -0.2) is 63.8 Å². The van der Waals surface area contributed by atoms with Crippen molar-refractivity contribution >= 4 is 8.32 Å². The molecule has 0 aromatic carbocycles. The van der Waals surface area contributed by atoms with E-state index in [9.17, 15) is 5.11 Å². The highest BCUT2D eigenvalue weighted by Crippen LogP contribution is 2.38. The fraction of sp³-hybridized carbons (Fsp3) is 0.895. The zero-order valence-electron chi connectivity index (χ0n) is 16.5. The Morgan fingerprint density at radius 3 is 2.60 bits per heavy atom. The van der Waals surface area contributed by atoms with Gasteiger partial charge in [0.25, 0.3) is 0 Å². The van der Waals surface area contributed by atoms with E-state index in [2.05, 4.69) is 40.4 Å². The molecule has 2 heterocycles. The van der Waals surface area contributed by atoms with Crippen molar-refractivity contribution in [2.45, 2.75) is 88.7 Å². The van der Waals surface area contributed by atoms with Crippen LogP contribution < -0.4 is 0 Å². The molecule has 2 aliphatic heterocycles. The van der Waals surface area contributed by atoms with Crippen molar-refractivity contribution in [2.24, 2.45) is 0 Å². The molecule has 146 valence electrons. The van der Waals surface area contributed by atoms with E-state index in [1.165, 1.54) is 0 Å². The fourth-order valence-electron chi connectivity index (χ4n) is 2.93. The second-order valence-electron chi connectivity index (χ2n) is 8.68. The molecule has 6 heteroatoms. The van der Waals surface area contributed by atoms with Gasteiger partial charge in [-0.2, -0.15) is 0 Å². The Hall–Kier alpha value is -0.243. The first-order valence-electron chi connectivity index (χ1n) is 9.48. The number of rotatable bonds is 9. The van der Waals surface area contributed by atoms with Crippen molar-refractivity contribution < 1.29 is 23.7 Å². The molecule has 0 amide bonds. The van der Waals surface area contributed by atoms with E-state index in [-0.39, 0.29) is 42.2 Å². The number of epoxide rings is 1. The summed E-state index contributed by atoms with van der Waals surface area (Å²) in [6.45, 7) is 16.3. The van der Waals surface area contributed by atoms with E-state index in [0.29, 0.717) is 6.61 Å². The third-order valence-corrected chi connectivity index (χ3v) is 10.2. The maximum Gasteiger partial charge on any atom is 0.192 e. The van der Waals surface area contributed by atoms with Gasteiger partial charge in [-0.05, 0) is 37.4 Å². The molecule has 0 unspecified atom stereocenters. The Labute approximate surface area is 153 Å². The monoisotopic (exact) mass is 372 g/mol. The lowest BCUT2D eigenvalue weighted by Gasteiger charge is -2.38. The van der Waals surface area contributed by atoms with E-state index >= 15 is 0 Å². The first kappa shape index (κ1) is 21.1. The average Bonchev–Trinajstić information content (AvgIpc) is 3.31. The number of aliphatic hydroxyl groups is 1. The van der Waals surface area contributed by atoms with E-state index in [1.807, 2.05) is 6.08 Å². The van der Waals surface area contributed by atoms with Gasteiger partial charge in [0.05, 0.1) is 25.4 Å². The largest absolute Gasteiger partial charge is 0.414 e. The van der Waals surface area contributed by atoms with Crippen LogP contribution in [-0.2, 0) is 18.6 Å². The van der Waals surface area contributed by atoms with Crippen LogP contribution in [0.3, 0.4) is 0 Å². The van der Waals surface area contributed by atoms with Crippen LogP contribution in [0, 0.1) is 0 Å². The van der Waals surface area contributed by atoms with Gasteiger partial charge in [-0.3, -0.25) is 0 Å². The molecule has 0 aromatic rings. The molecule has 1 N–H and O–H groups in total. The third-order valence-electron chi connectivity index (χ3n) is 5.71. The summed E-state index contributed by atoms with van der Waals surface area (Å²) in [5.74, 6) is 0. The Bertz CT molecular complexity index is 434. The van der Waals surface area contributed by atoms with Crippen molar-refractivity contribution in [1.29, 1.82) is 0 Å². The Kier molecular flexibility index (Phi) is 7.27. The van der Waals surface area contributed by atoms with Crippen molar-refractivity contribution in [2.75, 3.05) is 19.8 Å². The SMILES string of the molecule is C=CC[C@H]1OCCC[C@@H]1O[C@H](CO[Si](C)(C)C(C)(C)C)[C@H]1O[C@@H]1CO. The summed E-state index contributed by atoms with van der Waals surface area (Å²) in [4.78, 5) is 0. The molecule has 0 spiro atoms. The highest BCUT2D eigenvalue weighted by molar-refractivity contribution is 6.74. The molecule has 5 atom stereocenters. The van der Waals surface area contributed by atoms with E-state index in [1.54, 1.807) is 0 Å². The lowest BCUT2D eigenvalue weighted by atomic mass is 10.0. The van der Waals surface area contributed by atoms with Gasteiger partial charge in [0, 0.05) is 6.61 Å². The van der Waals surface area contributed by atoms with E-state index < -0.39 is 8.32 Å². The van der Waals surface area contributed by atoms with Gasteiger partial charge in [-0.25, -0.2) is 0 Å². The van der Waals surface area contributed by atoms with Crippen molar-refractivity contribution in [3.05, 3.63) is 12.7 Å². The summed E-state index contributed by atoms with van der Waals surface area (Å²) in [5, 5.41) is 9.52. The minimum absolute atomic E-state index is 0.0296. The zero-order chi connectivity index (χ0) is 18.7. The summed E-state index contributed by atoms with van der Waals surface area (Å²) < 4.78 is 24.3. The standard InChI is InChI=1S/C19H36O5Si/c1-7-9-14-15(10-8-11-21-14)23-17(18-16(12-20)24-18)13-22-25(5,6)19(2,3)4/h7,14-18,20H,1,8-13H2,2-6H3/t14-,15+,16-,17-,18+/m1/s1.